The molecule has 0 saturated heterocycles. The molecule has 0 atom stereocenters. The van der Waals surface area contributed by atoms with Crippen LogP contribution >= 0.6 is 15.9 Å². The van der Waals surface area contributed by atoms with Crippen LogP contribution in [0.1, 0.15) is 17.5 Å². The van der Waals surface area contributed by atoms with Crippen molar-refractivity contribution < 1.29 is 9.21 Å². The number of oxazole rings is 1. The van der Waals surface area contributed by atoms with Crippen molar-refractivity contribution in [3.8, 4) is 0 Å². The Morgan fingerprint density at radius 1 is 1.26 bits per heavy atom. The van der Waals surface area contributed by atoms with E-state index in [2.05, 4.69) is 26.2 Å². The van der Waals surface area contributed by atoms with Gasteiger partial charge in [0.2, 0.25) is 5.91 Å². The van der Waals surface area contributed by atoms with Crippen molar-refractivity contribution in [2.75, 3.05) is 5.32 Å². The largest absolute Gasteiger partial charge is 0.417 e. The second kappa shape index (κ2) is 6.42. The highest BCUT2D eigenvalue weighted by Crippen LogP contribution is 2.23. The van der Waals surface area contributed by atoms with Crippen LogP contribution in [-0.2, 0) is 11.2 Å². The van der Waals surface area contributed by atoms with E-state index in [0.29, 0.717) is 23.9 Å². The van der Waals surface area contributed by atoms with Crippen LogP contribution in [0.2, 0.25) is 0 Å². The van der Waals surface area contributed by atoms with Crippen molar-refractivity contribution in [1.82, 2.24) is 4.98 Å². The molecular weight excluding hydrogens is 360 g/mol. The fourth-order valence-electron chi connectivity index (χ4n) is 2.35. The van der Waals surface area contributed by atoms with Gasteiger partial charge in [0.25, 0.3) is 0 Å². The second-order valence-electron chi connectivity index (χ2n) is 5.38. The number of carbonyl (C=O) groups is 1. The van der Waals surface area contributed by atoms with Gasteiger partial charge >= 0.3 is 5.76 Å². The topological polar surface area (TPSA) is 75.1 Å². The number of amides is 1. The number of fused-ring (bicyclic) bond motifs is 1. The molecule has 2 N–H and O–H groups in total. The van der Waals surface area contributed by atoms with Gasteiger partial charge in [-0.3, -0.25) is 9.78 Å². The van der Waals surface area contributed by atoms with E-state index in [-0.39, 0.29) is 5.91 Å². The van der Waals surface area contributed by atoms with Crippen molar-refractivity contribution in [1.29, 1.82) is 0 Å². The van der Waals surface area contributed by atoms with Crippen LogP contribution < -0.4 is 11.1 Å². The van der Waals surface area contributed by atoms with E-state index in [1.54, 1.807) is 6.07 Å². The fraction of sp³-hybridized carbons (Fsp3) is 0.176. The predicted molar refractivity (Wildman–Crippen MR) is 92.7 cm³/mol. The van der Waals surface area contributed by atoms with Crippen molar-refractivity contribution in [2.24, 2.45) is 0 Å². The molecule has 3 rings (SSSR count). The molecule has 0 unspecified atom stereocenters. The monoisotopic (exact) mass is 374 g/mol. The van der Waals surface area contributed by atoms with Crippen LogP contribution in [-0.4, -0.2) is 10.9 Å². The van der Waals surface area contributed by atoms with Gasteiger partial charge in [0.15, 0.2) is 5.58 Å². The van der Waals surface area contributed by atoms with Gasteiger partial charge in [-0.05, 0) is 64.7 Å². The first-order valence-electron chi connectivity index (χ1n) is 7.19. The van der Waals surface area contributed by atoms with E-state index in [0.717, 1.165) is 21.3 Å². The number of rotatable bonds is 4. The minimum Gasteiger partial charge on any atom is -0.408 e. The third-order valence-corrected chi connectivity index (χ3v) is 4.18. The standard InChI is InChI=1S/C17H15BrN2O3/c1-10-2-5-13(12(18)8-10)19-16(21)7-4-11-3-6-15-14(9-11)20-17(22)23-15/h2-3,5-6,8-9H,4,7H2,1H3,(H,19,21)(H,20,22). The molecule has 0 bridgehead atoms. The predicted octanol–water partition coefficient (Wildman–Crippen LogP) is 3.76. The summed E-state index contributed by atoms with van der Waals surface area (Å²) in [5.41, 5.74) is 4.01. The molecule has 6 heteroatoms. The normalized spacial score (nSPS) is 10.9. The van der Waals surface area contributed by atoms with E-state index >= 15 is 0 Å². The Hall–Kier alpha value is -2.34. The van der Waals surface area contributed by atoms with Crippen molar-refractivity contribution >= 4 is 38.6 Å². The first kappa shape index (κ1) is 15.6. The maximum atomic E-state index is 12.1. The average molecular weight is 375 g/mol. The van der Waals surface area contributed by atoms with Crippen LogP contribution in [0.25, 0.3) is 11.1 Å². The molecule has 1 heterocycles. The zero-order valence-corrected chi connectivity index (χ0v) is 14.1. The number of carbonyl (C=O) groups excluding carboxylic acids is 1. The van der Waals surface area contributed by atoms with Crippen LogP contribution in [0.4, 0.5) is 5.69 Å². The zero-order valence-electron chi connectivity index (χ0n) is 12.5. The number of aromatic nitrogens is 1. The lowest BCUT2D eigenvalue weighted by Crippen LogP contribution is -2.12. The first-order chi connectivity index (χ1) is 11.0. The Kier molecular flexibility index (Phi) is 4.34. The number of aromatic amines is 1. The summed E-state index contributed by atoms with van der Waals surface area (Å²) in [7, 11) is 0. The lowest BCUT2D eigenvalue weighted by atomic mass is 10.1. The van der Waals surface area contributed by atoms with Gasteiger partial charge in [0.1, 0.15) is 0 Å². The maximum Gasteiger partial charge on any atom is 0.417 e. The summed E-state index contributed by atoms with van der Waals surface area (Å²) in [5, 5.41) is 2.89. The summed E-state index contributed by atoms with van der Waals surface area (Å²) >= 11 is 3.44. The average Bonchev–Trinajstić information content (AvgIpc) is 2.87. The van der Waals surface area contributed by atoms with Gasteiger partial charge in [-0.15, -0.1) is 0 Å². The molecule has 1 amide bonds. The summed E-state index contributed by atoms with van der Waals surface area (Å²) in [6.07, 6.45) is 0.937. The van der Waals surface area contributed by atoms with Crippen molar-refractivity contribution in [3.63, 3.8) is 0 Å². The number of H-pyrrole nitrogens is 1. The van der Waals surface area contributed by atoms with E-state index in [1.165, 1.54) is 0 Å². The molecule has 0 aliphatic carbocycles. The summed E-state index contributed by atoms with van der Waals surface area (Å²) in [4.78, 5) is 25.8. The summed E-state index contributed by atoms with van der Waals surface area (Å²) in [5.74, 6) is -0.533. The van der Waals surface area contributed by atoms with E-state index < -0.39 is 5.76 Å². The van der Waals surface area contributed by atoms with Gasteiger partial charge in [-0.25, -0.2) is 4.79 Å². The molecular formula is C17H15BrN2O3. The molecule has 1 aromatic heterocycles. The van der Waals surface area contributed by atoms with E-state index in [1.807, 2.05) is 37.3 Å². The molecule has 5 nitrogen and oxygen atoms in total. The number of benzene rings is 2. The van der Waals surface area contributed by atoms with Crippen LogP contribution in [0.15, 0.2) is 50.1 Å². The molecule has 0 aliphatic heterocycles. The number of hydrogen-bond acceptors (Lipinski definition) is 3. The smallest absolute Gasteiger partial charge is 0.408 e. The quantitative estimate of drug-likeness (QED) is 0.729. The summed E-state index contributed by atoms with van der Waals surface area (Å²) < 4.78 is 5.82. The van der Waals surface area contributed by atoms with Crippen LogP contribution in [0.3, 0.4) is 0 Å². The maximum absolute atomic E-state index is 12.1. The van der Waals surface area contributed by atoms with Crippen LogP contribution in [0.5, 0.6) is 0 Å². The Balaban J connectivity index is 1.64. The van der Waals surface area contributed by atoms with Gasteiger partial charge in [0.05, 0.1) is 11.2 Å². The third-order valence-electron chi connectivity index (χ3n) is 3.52. The summed E-state index contributed by atoms with van der Waals surface area (Å²) in [6.45, 7) is 1.99. The van der Waals surface area contributed by atoms with Crippen molar-refractivity contribution in [3.05, 3.63) is 62.5 Å². The summed E-state index contributed by atoms with van der Waals surface area (Å²) in [6, 6.07) is 11.2. The highest BCUT2D eigenvalue weighted by molar-refractivity contribution is 9.10. The number of anilines is 1. The lowest BCUT2D eigenvalue weighted by molar-refractivity contribution is -0.116. The SMILES string of the molecule is Cc1ccc(NC(=O)CCc2ccc3oc(=O)[nH]c3c2)c(Br)c1. The molecule has 0 spiro atoms. The molecule has 0 aliphatic rings. The Labute approximate surface area is 140 Å². The Morgan fingerprint density at radius 2 is 2.09 bits per heavy atom. The molecule has 2 aromatic carbocycles. The molecule has 0 saturated carbocycles. The van der Waals surface area contributed by atoms with Crippen LogP contribution in [0, 0.1) is 6.92 Å². The number of hydrogen-bond donors (Lipinski definition) is 2. The third kappa shape index (κ3) is 3.71. The molecule has 0 fully saturated rings. The molecule has 0 radical (unpaired) electrons. The number of nitrogens with one attached hydrogen (secondary N) is 2. The van der Waals surface area contributed by atoms with E-state index in [4.69, 9.17) is 4.42 Å². The van der Waals surface area contributed by atoms with Crippen molar-refractivity contribution in [2.45, 2.75) is 19.8 Å². The minimum absolute atomic E-state index is 0.0599. The number of halogens is 1. The highest BCUT2D eigenvalue weighted by Gasteiger charge is 2.08. The zero-order chi connectivity index (χ0) is 16.4. The van der Waals surface area contributed by atoms with E-state index in [9.17, 15) is 9.59 Å². The minimum atomic E-state index is -0.473. The molecule has 23 heavy (non-hydrogen) atoms. The fourth-order valence-corrected chi connectivity index (χ4v) is 2.94. The second-order valence-corrected chi connectivity index (χ2v) is 6.23. The number of aryl methyl sites for hydroxylation is 2. The van der Waals surface area contributed by atoms with Gasteiger partial charge in [0, 0.05) is 10.9 Å². The van der Waals surface area contributed by atoms with Gasteiger partial charge in [-0.2, -0.15) is 0 Å². The Morgan fingerprint density at radius 3 is 2.87 bits per heavy atom. The lowest BCUT2D eigenvalue weighted by Gasteiger charge is -2.08. The van der Waals surface area contributed by atoms with Gasteiger partial charge < -0.3 is 9.73 Å². The highest BCUT2D eigenvalue weighted by atomic mass is 79.9. The molecule has 118 valence electrons. The Bertz CT molecular complexity index is 927. The molecule has 3 aromatic rings. The van der Waals surface area contributed by atoms with Gasteiger partial charge in [-0.1, -0.05) is 12.1 Å². The first-order valence-corrected chi connectivity index (χ1v) is 7.98.